The number of hydrogen-bond acceptors (Lipinski definition) is 2. The summed E-state index contributed by atoms with van der Waals surface area (Å²) < 4.78 is 12.8. The molecule has 17 heavy (non-hydrogen) atoms. The van der Waals surface area contributed by atoms with E-state index in [1.54, 1.807) is 6.07 Å². The van der Waals surface area contributed by atoms with Gasteiger partial charge in [0.15, 0.2) is 0 Å². The number of aryl methyl sites for hydroxylation is 1. The molecule has 0 heterocycles. The van der Waals surface area contributed by atoms with Crippen molar-refractivity contribution in [2.45, 2.75) is 26.2 Å². The molecule has 0 bridgehead atoms. The summed E-state index contributed by atoms with van der Waals surface area (Å²) in [6.07, 6.45) is 1.53. The third-order valence-electron chi connectivity index (χ3n) is 2.58. The van der Waals surface area contributed by atoms with E-state index in [2.05, 4.69) is 5.32 Å². The molecule has 1 amide bonds. The fourth-order valence-electron chi connectivity index (χ4n) is 1.60. The molecule has 0 radical (unpaired) electrons. The van der Waals surface area contributed by atoms with Crippen molar-refractivity contribution in [3.05, 3.63) is 35.1 Å². The van der Waals surface area contributed by atoms with Gasteiger partial charge >= 0.3 is 0 Å². The number of aliphatic hydroxyl groups excluding tert-OH is 1. The molecule has 0 unspecified atom stereocenters. The van der Waals surface area contributed by atoms with Gasteiger partial charge in [-0.05, 0) is 43.0 Å². The first-order chi connectivity index (χ1) is 8.13. The number of carbonyl (C=O) groups is 1. The highest BCUT2D eigenvalue weighted by molar-refractivity contribution is 5.75. The number of aliphatic hydroxyl groups is 1. The maximum atomic E-state index is 12.8. The Bertz CT molecular complexity index is 380. The average molecular weight is 239 g/mol. The molecule has 4 heteroatoms. The summed E-state index contributed by atoms with van der Waals surface area (Å²) in [5, 5.41) is 11.3. The van der Waals surface area contributed by atoms with Crippen molar-refractivity contribution in [3.63, 3.8) is 0 Å². The van der Waals surface area contributed by atoms with Crippen LogP contribution >= 0.6 is 0 Å². The smallest absolute Gasteiger partial charge is 0.220 e. The zero-order chi connectivity index (χ0) is 12.7. The molecule has 0 saturated heterocycles. The quantitative estimate of drug-likeness (QED) is 0.791. The second-order valence-electron chi connectivity index (χ2n) is 4.00. The van der Waals surface area contributed by atoms with Gasteiger partial charge in [-0.15, -0.1) is 0 Å². The van der Waals surface area contributed by atoms with E-state index in [1.807, 2.05) is 6.92 Å². The van der Waals surface area contributed by atoms with Crippen LogP contribution in [0.15, 0.2) is 18.2 Å². The SMILES string of the molecule is Cc1cc(F)ccc1CCNC(=O)CCCO. The molecule has 2 N–H and O–H groups in total. The highest BCUT2D eigenvalue weighted by Crippen LogP contribution is 2.10. The summed E-state index contributed by atoms with van der Waals surface area (Å²) in [6, 6.07) is 4.66. The molecule has 0 aliphatic heterocycles. The van der Waals surface area contributed by atoms with Gasteiger partial charge in [0.1, 0.15) is 5.82 Å². The lowest BCUT2D eigenvalue weighted by molar-refractivity contribution is -0.121. The Balaban J connectivity index is 2.33. The monoisotopic (exact) mass is 239 g/mol. The molecule has 0 fully saturated rings. The van der Waals surface area contributed by atoms with Gasteiger partial charge in [0, 0.05) is 19.6 Å². The van der Waals surface area contributed by atoms with Gasteiger partial charge in [-0.25, -0.2) is 4.39 Å². The first-order valence-electron chi connectivity index (χ1n) is 5.76. The normalized spacial score (nSPS) is 10.3. The fourth-order valence-corrected chi connectivity index (χ4v) is 1.60. The Morgan fingerprint density at radius 3 is 2.88 bits per heavy atom. The van der Waals surface area contributed by atoms with E-state index in [0.29, 0.717) is 25.8 Å². The molecule has 0 aliphatic rings. The topological polar surface area (TPSA) is 49.3 Å². The van der Waals surface area contributed by atoms with E-state index < -0.39 is 0 Å². The van der Waals surface area contributed by atoms with Crippen molar-refractivity contribution in [2.24, 2.45) is 0 Å². The van der Waals surface area contributed by atoms with Gasteiger partial charge in [0.05, 0.1) is 0 Å². The van der Waals surface area contributed by atoms with Crippen LogP contribution in [0.3, 0.4) is 0 Å². The highest BCUT2D eigenvalue weighted by atomic mass is 19.1. The van der Waals surface area contributed by atoms with E-state index in [9.17, 15) is 9.18 Å². The van der Waals surface area contributed by atoms with E-state index in [0.717, 1.165) is 11.1 Å². The molecule has 1 aromatic carbocycles. The van der Waals surface area contributed by atoms with Crippen LogP contribution in [0.4, 0.5) is 4.39 Å². The summed E-state index contributed by atoms with van der Waals surface area (Å²) >= 11 is 0. The van der Waals surface area contributed by atoms with Crippen LogP contribution in [0, 0.1) is 12.7 Å². The van der Waals surface area contributed by atoms with Crippen molar-refractivity contribution in [2.75, 3.05) is 13.2 Å². The van der Waals surface area contributed by atoms with Gasteiger partial charge in [0.25, 0.3) is 0 Å². The lowest BCUT2D eigenvalue weighted by Crippen LogP contribution is -2.25. The van der Waals surface area contributed by atoms with Crippen molar-refractivity contribution in [1.82, 2.24) is 5.32 Å². The number of rotatable bonds is 6. The maximum Gasteiger partial charge on any atom is 0.220 e. The van der Waals surface area contributed by atoms with E-state index in [1.165, 1.54) is 12.1 Å². The van der Waals surface area contributed by atoms with Gasteiger partial charge in [-0.2, -0.15) is 0 Å². The molecule has 0 aliphatic carbocycles. The van der Waals surface area contributed by atoms with Crippen molar-refractivity contribution >= 4 is 5.91 Å². The Hall–Kier alpha value is -1.42. The molecule has 0 spiro atoms. The van der Waals surface area contributed by atoms with Crippen LogP contribution in [0.1, 0.15) is 24.0 Å². The molecular weight excluding hydrogens is 221 g/mol. The lowest BCUT2D eigenvalue weighted by Gasteiger charge is -2.07. The zero-order valence-electron chi connectivity index (χ0n) is 10.0. The van der Waals surface area contributed by atoms with Crippen molar-refractivity contribution in [1.29, 1.82) is 0 Å². The van der Waals surface area contributed by atoms with E-state index in [4.69, 9.17) is 5.11 Å². The van der Waals surface area contributed by atoms with Crippen LogP contribution in [-0.4, -0.2) is 24.2 Å². The number of benzene rings is 1. The lowest BCUT2D eigenvalue weighted by atomic mass is 10.1. The van der Waals surface area contributed by atoms with Gasteiger partial charge in [-0.3, -0.25) is 4.79 Å². The van der Waals surface area contributed by atoms with Crippen molar-refractivity contribution in [3.8, 4) is 0 Å². The second kappa shape index (κ2) is 7.01. The molecule has 0 aromatic heterocycles. The summed E-state index contributed by atoms with van der Waals surface area (Å²) in [6.45, 7) is 2.42. The Kier molecular flexibility index (Phi) is 5.63. The fraction of sp³-hybridized carbons (Fsp3) is 0.462. The van der Waals surface area contributed by atoms with Gasteiger partial charge in [0.2, 0.25) is 5.91 Å². The number of halogens is 1. The minimum atomic E-state index is -0.238. The first-order valence-corrected chi connectivity index (χ1v) is 5.76. The summed E-state index contributed by atoms with van der Waals surface area (Å²) in [5.41, 5.74) is 1.93. The molecule has 0 saturated carbocycles. The molecule has 3 nitrogen and oxygen atoms in total. The molecule has 0 atom stereocenters. The largest absolute Gasteiger partial charge is 0.396 e. The van der Waals surface area contributed by atoms with Crippen LogP contribution in [0.2, 0.25) is 0 Å². The Morgan fingerprint density at radius 1 is 1.47 bits per heavy atom. The third-order valence-corrected chi connectivity index (χ3v) is 2.58. The number of carbonyl (C=O) groups excluding carboxylic acids is 1. The van der Waals surface area contributed by atoms with Crippen LogP contribution in [-0.2, 0) is 11.2 Å². The van der Waals surface area contributed by atoms with Gasteiger partial charge in [-0.1, -0.05) is 6.07 Å². The number of hydrogen-bond donors (Lipinski definition) is 2. The molecule has 1 rings (SSSR count). The van der Waals surface area contributed by atoms with Crippen LogP contribution in [0.5, 0.6) is 0 Å². The third kappa shape index (κ3) is 4.95. The number of amides is 1. The minimum absolute atomic E-state index is 0.0322. The van der Waals surface area contributed by atoms with E-state index >= 15 is 0 Å². The average Bonchev–Trinajstić information content (AvgIpc) is 2.29. The molecule has 94 valence electrons. The van der Waals surface area contributed by atoms with Crippen LogP contribution < -0.4 is 5.32 Å². The Labute approximate surface area is 101 Å². The standard InChI is InChI=1S/C13H18FNO2/c1-10-9-12(14)5-4-11(10)6-7-15-13(17)3-2-8-16/h4-5,9,16H,2-3,6-8H2,1H3,(H,15,17). The summed E-state index contributed by atoms with van der Waals surface area (Å²) in [7, 11) is 0. The second-order valence-corrected chi connectivity index (χ2v) is 4.00. The highest BCUT2D eigenvalue weighted by Gasteiger charge is 2.02. The van der Waals surface area contributed by atoms with Crippen molar-refractivity contribution < 1.29 is 14.3 Å². The van der Waals surface area contributed by atoms with Crippen LogP contribution in [0.25, 0.3) is 0 Å². The number of nitrogens with one attached hydrogen (secondary N) is 1. The predicted molar refractivity (Wildman–Crippen MR) is 64.2 cm³/mol. The molecule has 1 aromatic rings. The van der Waals surface area contributed by atoms with E-state index in [-0.39, 0.29) is 18.3 Å². The maximum absolute atomic E-state index is 12.8. The summed E-state index contributed by atoms with van der Waals surface area (Å²) in [5.74, 6) is -0.294. The summed E-state index contributed by atoms with van der Waals surface area (Å²) in [4.78, 5) is 11.2. The first kappa shape index (κ1) is 13.6. The molecular formula is C13H18FNO2. The van der Waals surface area contributed by atoms with Gasteiger partial charge < -0.3 is 10.4 Å². The zero-order valence-corrected chi connectivity index (χ0v) is 10.0. The minimum Gasteiger partial charge on any atom is -0.396 e. The Morgan fingerprint density at radius 2 is 2.24 bits per heavy atom. The predicted octanol–water partition coefficient (Wildman–Crippen LogP) is 1.57.